The number of anilines is 1. The number of hydrogen-bond acceptors (Lipinski definition) is 5. The largest absolute Gasteiger partial charge is 0.485 e. The summed E-state index contributed by atoms with van der Waals surface area (Å²) >= 11 is 0. The van der Waals surface area contributed by atoms with Crippen LogP contribution in [0.15, 0.2) is 49.1 Å². The summed E-state index contributed by atoms with van der Waals surface area (Å²) in [6.45, 7) is 4.45. The summed E-state index contributed by atoms with van der Waals surface area (Å²) in [6, 6.07) is 8.25. The number of benzene rings is 1. The number of amides is 1. The summed E-state index contributed by atoms with van der Waals surface area (Å²) in [7, 11) is 0. The van der Waals surface area contributed by atoms with Crippen LogP contribution in [0.25, 0.3) is 17.2 Å². The number of carbonyl (C=O) groups is 1. The number of carbonyl (C=O) groups excluding carboxylic acids is 1. The summed E-state index contributed by atoms with van der Waals surface area (Å²) < 4.78 is 24.6. The third kappa shape index (κ3) is 3.44. The second-order valence-electron chi connectivity index (χ2n) is 8.92. The molecule has 1 aliphatic carbocycles. The van der Waals surface area contributed by atoms with E-state index in [1.54, 1.807) is 24.7 Å². The SMILES string of the molecule is CC(C)n1ccnc1-c1cccc(NC(=O)c2cc3c(cc2F)OCc2c(C4CC4)ncn2-3)n1. The molecule has 34 heavy (non-hydrogen) atoms. The normalized spacial score (nSPS) is 14.5. The van der Waals surface area contributed by atoms with Gasteiger partial charge in [-0.05, 0) is 44.9 Å². The third-order valence-electron chi connectivity index (χ3n) is 6.22. The fourth-order valence-electron chi connectivity index (χ4n) is 4.34. The third-order valence-corrected chi connectivity index (χ3v) is 6.22. The molecule has 6 rings (SSSR count). The van der Waals surface area contributed by atoms with Crippen molar-refractivity contribution in [3.8, 4) is 23.0 Å². The first-order chi connectivity index (χ1) is 16.5. The molecule has 1 N–H and O–H groups in total. The van der Waals surface area contributed by atoms with Gasteiger partial charge in [-0.2, -0.15) is 0 Å². The minimum absolute atomic E-state index is 0.0900. The van der Waals surface area contributed by atoms with Crippen LogP contribution in [-0.2, 0) is 6.61 Å². The molecule has 0 saturated heterocycles. The van der Waals surface area contributed by atoms with Crippen LogP contribution in [0.1, 0.15) is 60.4 Å². The zero-order chi connectivity index (χ0) is 23.4. The van der Waals surface area contributed by atoms with Crippen LogP contribution in [-0.4, -0.2) is 30.0 Å². The summed E-state index contributed by atoms with van der Waals surface area (Å²) in [4.78, 5) is 26.5. The average Bonchev–Trinajstić information content (AvgIpc) is 3.37. The maximum atomic E-state index is 14.9. The van der Waals surface area contributed by atoms with Gasteiger partial charge in [-0.3, -0.25) is 9.36 Å². The average molecular weight is 458 g/mol. The molecule has 1 aliphatic heterocycles. The van der Waals surface area contributed by atoms with Crippen LogP contribution in [0, 0.1) is 5.82 Å². The Balaban J connectivity index is 1.31. The number of hydrogen-bond donors (Lipinski definition) is 1. The van der Waals surface area contributed by atoms with Crippen molar-refractivity contribution >= 4 is 11.7 Å². The lowest BCUT2D eigenvalue weighted by Gasteiger charge is -2.21. The molecule has 2 aliphatic rings. The number of nitrogens with zero attached hydrogens (tertiary/aromatic N) is 5. The number of ether oxygens (including phenoxy) is 1. The number of imidazole rings is 2. The lowest BCUT2D eigenvalue weighted by molar-refractivity contribution is 0.102. The first-order valence-electron chi connectivity index (χ1n) is 11.3. The van der Waals surface area contributed by atoms with E-state index in [1.807, 2.05) is 21.4 Å². The standard InChI is InChI=1S/C25H23FN6O2/c1-14(2)31-9-8-27-24(31)18-4-3-5-22(29-18)30-25(33)16-10-19-21(11-17(16)26)34-12-20-23(15-6-7-15)28-13-32(19)20/h3-5,8-11,13-15H,6-7,12H2,1-2H3,(H,29,30,33). The highest BCUT2D eigenvalue weighted by Gasteiger charge is 2.32. The zero-order valence-electron chi connectivity index (χ0n) is 18.8. The maximum Gasteiger partial charge on any atom is 0.259 e. The van der Waals surface area contributed by atoms with Gasteiger partial charge in [0.05, 0.1) is 29.0 Å². The Bertz CT molecular complexity index is 1420. The second kappa shape index (κ2) is 7.79. The van der Waals surface area contributed by atoms with Crippen molar-refractivity contribution in [3.63, 3.8) is 0 Å². The van der Waals surface area contributed by atoms with E-state index in [-0.39, 0.29) is 11.6 Å². The second-order valence-corrected chi connectivity index (χ2v) is 8.92. The number of nitrogens with one attached hydrogen (secondary N) is 1. The van der Waals surface area contributed by atoms with Crippen LogP contribution >= 0.6 is 0 Å². The first-order valence-corrected chi connectivity index (χ1v) is 11.3. The molecular formula is C25H23FN6O2. The van der Waals surface area contributed by atoms with Crippen LogP contribution in [0.4, 0.5) is 10.2 Å². The Labute approximate surface area is 195 Å². The maximum absolute atomic E-state index is 14.9. The molecule has 3 aromatic heterocycles. The van der Waals surface area contributed by atoms with E-state index in [4.69, 9.17) is 4.74 Å². The van der Waals surface area contributed by atoms with Gasteiger partial charge in [-0.25, -0.2) is 19.3 Å². The number of aromatic nitrogens is 5. The number of rotatable bonds is 5. The molecule has 1 fully saturated rings. The number of fused-ring (bicyclic) bond motifs is 3. The molecule has 8 nitrogen and oxygen atoms in total. The van der Waals surface area contributed by atoms with Crippen LogP contribution in [0.2, 0.25) is 0 Å². The minimum atomic E-state index is -0.659. The molecular weight excluding hydrogens is 435 g/mol. The van der Waals surface area contributed by atoms with Gasteiger partial charge in [0, 0.05) is 30.4 Å². The molecule has 1 amide bonds. The van der Waals surface area contributed by atoms with Crippen molar-refractivity contribution in [3.05, 3.63) is 71.8 Å². The van der Waals surface area contributed by atoms with Gasteiger partial charge in [0.1, 0.15) is 29.7 Å². The van der Waals surface area contributed by atoms with E-state index >= 15 is 0 Å². The van der Waals surface area contributed by atoms with Crippen LogP contribution < -0.4 is 10.1 Å². The fraction of sp³-hybridized carbons (Fsp3) is 0.280. The van der Waals surface area contributed by atoms with Crippen molar-refractivity contribution in [2.45, 2.75) is 45.3 Å². The lowest BCUT2D eigenvalue weighted by atomic mass is 10.1. The Kier molecular flexibility index (Phi) is 4.72. The summed E-state index contributed by atoms with van der Waals surface area (Å²) in [5, 5.41) is 2.72. The van der Waals surface area contributed by atoms with Gasteiger partial charge in [0.25, 0.3) is 5.91 Å². The molecule has 0 unspecified atom stereocenters. The van der Waals surface area contributed by atoms with Crippen molar-refractivity contribution in [1.29, 1.82) is 0 Å². The molecule has 0 spiro atoms. The van der Waals surface area contributed by atoms with E-state index in [9.17, 15) is 9.18 Å². The Hall–Kier alpha value is -4.01. The predicted molar refractivity (Wildman–Crippen MR) is 124 cm³/mol. The summed E-state index contributed by atoms with van der Waals surface area (Å²) in [6.07, 6.45) is 7.57. The lowest BCUT2D eigenvalue weighted by Crippen LogP contribution is -2.18. The molecule has 9 heteroatoms. The van der Waals surface area contributed by atoms with Gasteiger partial charge in [0.15, 0.2) is 5.82 Å². The molecule has 4 heterocycles. The van der Waals surface area contributed by atoms with Gasteiger partial charge >= 0.3 is 0 Å². The summed E-state index contributed by atoms with van der Waals surface area (Å²) in [5.74, 6) is 0.618. The van der Waals surface area contributed by atoms with Gasteiger partial charge in [-0.1, -0.05) is 6.07 Å². The predicted octanol–water partition coefficient (Wildman–Crippen LogP) is 4.87. The topological polar surface area (TPSA) is 86.9 Å². The van der Waals surface area contributed by atoms with E-state index in [0.29, 0.717) is 41.3 Å². The van der Waals surface area contributed by atoms with Crippen LogP contribution in [0.5, 0.6) is 5.75 Å². The molecule has 0 bridgehead atoms. The fourth-order valence-corrected chi connectivity index (χ4v) is 4.34. The van der Waals surface area contributed by atoms with Gasteiger partial charge in [-0.15, -0.1) is 0 Å². The van der Waals surface area contributed by atoms with E-state index in [1.165, 1.54) is 12.1 Å². The summed E-state index contributed by atoms with van der Waals surface area (Å²) in [5.41, 5.74) is 3.12. The molecule has 0 atom stereocenters. The number of halogens is 1. The molecule has 172 valence electrons. The van der Waals surface area contributed by atoms with Gasteiger partial charge in [0.2, 0.25) is 0 Å². The highest BCUT2D eigenvalue weighted by molar-refractivity contribution is 6.04. The van der Waals surface area contributed by atoms with E-state index < -0.39 is 11.7 Å². The smallest absolute Gasteiger partial charge is 0.259 e. The van der Waals surface area contributed by atoms with E-state index in [0.717, 1.165) is 24.2 Å². The molecule has 1 aromatic carbocycles. The Morgan fingerprint density at radius 1 is 1.24 bits per heavy atom. The van der Waals surface area contributed by atoms with E-state index in [2.05, 4.69) is 34.1 Å². The Morgan fingerprint density at radius 3 is 2.88 bits per heavy atom. The highest BCUT2D eigenvalue weighted by atomic mass is 19.1. The Morgan fingerprint density at radius 2 is 2.09 bits per heavy atom. The molecule has 0 radical (unpaired) electrons. The van der Waals surface area contributed by atoms with Crippen molar-refractivity contribution in [2.24, 2.45) is 0 Å². The highest BCUT2D eigenvalue weighted by Crippen LogP contribution is 2.43. The molecule has 4 aromatic rings. The monoisotopic (exact) mass is 458 g/mol. The van der Waals surface area contributed by atoms with Crippen LogP contribution in [0.3, 0.4) is 0 Å². The molecule has 1 saturated carbocycles. The zero-order valence-corrected chi connectivity index (χ0v) is 18.8. The quantitative estimate of drug-likeness (QED) is 0.461. The van der Waals surface area contributed by atoms with Crippen molar-refractivity contribution in [1.82, 2.24) is 24.1 Å². The van der Waals surface area contributed by atoms with Crippen molar-refractivity contribution in [2.75, 3.05) is 5.32 Å². The minimum Gasteiger partial charge on any atom is -0.485 e. The van der Waals surface area contributed by atoms with Gasteiger partial charge < -0.3 is 14.6 Å². The first kappa shape index (κ1) is 20.6. The van der Waals surface area contributed by atoms with Crippen molar-refractivity contribution < 1.29 is 13.9 Å². The number of pyridine rings is 1.